The van der Waals surface area contributed by atoms with Gasteiger partial charge in [0.15, 0.2) is 5.96 Å². The largest absolute Gasteiger partial charge is 0.383 e. The molecule has 1 aliphatic heterocycles. The molecule has 1 fully saturated rings. The first-order valence-corrected chi connectivity index (χ1v) is 7.97. The number of benzene rings is 1. The zero-order chi connectivity index (χ0) is 16.5. The van der Waals surface area contributed by atoms with Crippen LogP contribution in [0, 0.1) is 5.82 Å². The highest BCUT2D eigenvalue weighted by Crippen LogP contribution is 2.34. The summed E-state index contributed by atoms with van der Waals surface area (Å²) in [7, 11) is 3.40. The summed E-state index contributed by atoms with van der Waals surface area (Å²) < 4.78 is 24.2. The monoisotopic (exact) mass is 451 g/mol. The molecule has 2 rings (SSSR count). The minimum atomic E-state index is -0.198. The quantitative estimate of drug-likeness (QED) is 0.302. The number of halogens is 2. The van der Waals surface area contributed by atoms with E-state index in [2.05, 4.69) is 15.6 Å². The Morgan fingerprint density at radius 2 is 2.08 bits per heavy atom. The fourth-order valence-electron chi connectivity index (χ4n) is 2.89. The number of ether oxygens (including phenoxy) is 2. The molecule has 2 N–H and O–H groups in total. The number of nitrogens with one attached hydrogen (secondary N) is 2. The minimum Gasteiger partial charge on any atom is -0.383 e. The van der Waals surface area contributed by atoms with Crippen LogP contribution in [0.25, 0.3) is 0 Å². The van der Waals surface area contributed by atoms with E-state index in [1.807, 2.05) is 6.07 Å². The van der Waals surface area contributed by atoms with Gasteiger partial charge >= 0.3 is 0 Å². The molecule has 0 spiro atoms. The van der Waals surface area contributed by atoms with E-state index in [1.54, 1.807) is 26.3 Å². The van der Waals surface area contributed by atoms with Gasteiger partial charge in [0.25, 0.3) is 0 Å². The van der Waals surface area contributed by atoms with Crippen LogP contribution in [0.2, 0.25) is 0 Å². The second-order valence-corrected chi connectivity index (χ2v) is 5.75. The van der Waals surface area contributed by atoms with Gasteiger partial charge in [0.2, 0.25) is 0 Å². The molecule has 0 amide bonds. The predicted molar refractivity (Wildman–Crippen MR) is 105 cm³/mol. The molecule has 1 heterocycles. The van der Waals surface area contributed by atoms with Gasteiger partial charge in [0, 0.05) is 45.9 Å². The first kappa shape index (κ1) is 21.1. The molecule has 0 bridgehead atoms. The topological polar surface area (TPSA) is 54.9 Å². The van der Waals surface area contributed by atoms with Crippen molar-refractivity contribution in [3.05, 3.63) is 35.6 Å². The van der Waals surface area contributed by atoms with Crippen molar-refractivity contribution in [2.45, 2.75) is 18.3 Å². The zero-order valence-corrected chi connectivity index (χ0v) is 16.6. The predicted octanol–water partition coefficient (Wildman–Crippen LogP) is 2.30. The number of aliphatic imine (C=N–C) groups is 1. The second kappa shape index (κ2) is 10.8. The first-order valence-electron chi connectivity index (χ1n) is 7.97. The van der Waals surface area contributed by atoms with Crippen molar-refractivity contribution >= 4 is 29.9 Å². The van der Waals surface area contributed by atoms with Crippen LogP contribution >= 0.6 is 24.0 Å². The van der Waals surface area contributed by atoms with Crippen molar-refractivity contribution in [2.24, 2.45) is 4.99 Å². The van der Waals surface area contributed by atoms with Crippen molar-refractivity contribution in [1.29, 1.82) is 0 Å². The highest BCUT2D eigenvalue weighted by Gasteiger charge is 2.34. The van der Waals surface area contributed by atoms with Crippen LogP contribution in [-0.4, -0.2) is 53.0 Å². The molecule has 24 heavy (non-hydrogen) atoms. The SMILES string of the molecule is CN=C(NCCOC)NCC1(c2cccc(F)c2)CCOCC1.I. The normalized spacial score (nSPS) is 17.0. The third kappa shape index (κ3) is 5.86. The fraction of sp³-hybridized carbons (Fsp3) is 0.588. The van der Waals surface area contributed by atoms with Crippen molar-refractivity contribution < 1.29 is 13.9 Å². The minimum absolute atomic E-state index is 0. The molecule has 0 atom stereocenters. The molecule has 0 unspecified atom stereocenters. The lowest BCUT2D eigenvalue weighted by Gasteiger charge is -2.38. The van der Waals surface area contributed by atoms with Gasteiger partial charge < -0.3 is 20.1 Å². The van der Waals surface area contributed by atoms with Gasteiger partial charge in [0.1, 0.15) is 5.82 Å². The Labute approximate surface area is 160 Å². The van der Waals surface area contributed by atoms with E-state index in [0.717, 1.165) is 24.4 Å². The van der Waals surface area contributed by atoms with Crippen LogP contribution < -0.4 is 10.6 Å². The van der Waals surface area contributed by atoms with Crippen molar-refractivity contribution in [1.82, 2.24) is 10.6 Å². The molecule has 1 aromatic rings. The summed E-state index contributed by atoms with van der Waals surface area (Å²) in [5, 5.41) is 6.56. The van der Waals surface area contributed by atoms with E-state index >= 15 is 0 Å². The number of hydrogen-bond donors (Lipinski definition) is 2. The summed E-state index contributed by atoms with van der Waals surface area (Å²) in [4.78, 5) is 4.22. The van der Waals surface area contributed by atoms with Crippen molar-refractivity contribution in [2.75, 3.05) is 47.1 Å². The molecule has 5 nitrogen and oxygen atoms in total. The smallest absolute Gasteiger partial charge is 0.191 e. The Kier molecular flexibility index (Phi) is 9.53. The molecule has 7 heteroatoms. The summed E-state index contributed by atoms with van der Waals surface area (Å²) in [6.07, 6.45) is 1.72. The summed E-state index contributed by atoms with van der Waals surface area (Å²) in [6.45, 7) is 3.37. The summed E-state index contributed by atoms with van der Waals surface area (Å²) in [5.74, 6) is 0.528. The van der Waals surface area contributed by atoms with Crippen molar-refractivity contribution in [3.8, 4) is 0 Å². The maximum absolute atomic E-state index is 13.7. The molecule has 136 valence electrons. The Hall–Kier alpha value is -0.930. The lowest BCUT2D eigenvalue weighted by molar-refractivity contribution is 0.0512. The summed E-state index contributed by atoms with van der Waals surface area (Å²) >= 11 is 0. The fourth-order valence-corrected chi connectivity index (χ4v) is 2.89. The van der Waals surface area contributed by atoms with E-state index in [-0.39, 0.29) is 35.2 Å². The van der Waals surface area contributed by atoms with Crippen LogP contribution in [0.3, 0.4) is 0 Å². The third-order valence-corrected chi connectivity index (χ3v) is 4.30. The Bertz CT molecular complexity index is 522. The van der Waals surface area contributed by atoms with E-state index in [0.29, 0.717) is 32.9 Å². The van der Waals surface area contributed by atoms with Gasteiger partial charge in [-0.05, 0) is 30.5 Å². The Balaban J connectivity index is 0.00000288. The highest BCUT2D eigenvalue weighted by molar-refractivity contribution is 14.0. The van der Waals surface area contributed by atoms with E-state index < -0.39 is 0 Å². The number of hydrogen-bond acceptors (Lipinski definition) is 3. The molecule has 1 saturated heterocycles. The lowest BCUT2D eigenvalue weighted by Crippen LogP contribution is -2.48. The second-order valence-electron chi connectivity index (χ2n) is 5.75. The first-order chi connectivity index (χ1) is 11.2. The van der Waals surface area contributed by atoms with Crippen LogP contribution in [0.5, 0.6) is 0 Å². The van der Waals surface area contributed by atoms with Gasteiger partial charge in [-0.1, -0.05) is 12.1 Å². The van der Waals surface area contributed by atoms with Gasteiger partial charge in [-0.15, -0.1) is 24.0 Å². The number of nitrogens with zero attached hydrogens (tertiary/aromatic N) is 1. The lowest BCUT2D eigenvalue weighted by atomic mass is 9.74. The standard InChI is InChI=1S/C17H26FN3O2.HI/c1-19-16(20-8-11-22-2)21-13-17(6-9-23-10-7-17)14-4-3-5-15(18)12-14;/h3-5,12H,6-11,13H2,1-2H3,(H2,19,20,21);1H. The highest BCUT2D eigenvalue weighted by atomic mass is 127. The Morgan fingerprint density at radius 1 is 1.33 bits per heavy atom. The van der Waals surface area contributed by atoms with Gasteiger partial charge in [-0.2, -0.15) is 0 Å². The maximum atomic E-state index is 13.7. The van der Waals surface area contributed by atoms with Crippen LogP contribution in [0.4, 0.5) is 4.39 Å². The van der Waals surface area contributed by atoms with Gasteiger partial charge in [0.05, 0.1) is 6.61 Å². The number of methoxy groups -OCH3 is 1. The molecule has 0 aliphatic carbocycles. The number of rotatable bonds is 6. The molecule has 0 aromatic heterocycles. The molecule has 0 radical (unpaired) electrons. The Morgan fingerprint density at radius 3 is 2.71 bits per heavy atom. The van der Waals surface area contributed by atoms with Crippen LogP contribution in [-0.2, 0) is 14.9 Å². The summed E-state index contributed by atoms with van der Waals surface area (Å²) in [6, 6.07) is 6.88. The molecular formula is C17H27FIN3O2. The zero-order valence-electron chi connectivity index (χ0n) is 14.3. The van der Waals surface area contributed by atoms with Crippen LogP contribution in [0.15, 0.2) is 29.3 Å². The average molecular weight is 451 g/mol. The van der Waals surface area contributed by atoms with Crippen LogP contribution in [0.1, 0.15) is 18.4 Å². The van der Waals surface area contributed by atoms with E-state index in [9.17, 15) is 4.39 Å². The maximum Gasteiger partial charge on any atom is 0.191 e. The molecular weight excluding hydrogens is 424 g/mol. The van der Waals surface area contributed by atoms with E-state index in [1.165, 1.54) is 6.07 Å². The van der Waals surface area contributed by atoms with Gasteiger partial charge in [-0.3, -0.25) is 4.99 Å². The van der Waals surface area contributed by atoms with Gasteiger partial charge in [-0.25, -0.2) is 4.39 Å². The third-order valence-electron chi connectivity index (χ3n) is 4.30. The summed E-state index contributed by atoms with van der Waals surface area (Å²) in [5.41, 5.74) is 0.875. The molecule has 1 aromatic carbocycles. The van der Waals surface area contributed by atoms with E-state index in [4.69, 9.17) is 9.47 Å². The molecule has 0 saturated carbocycles. The average Bonchev–Trinajstić information content (AvgIpc) is 2.59. The number of guanidine groups is 1. The molecule has 1 aliphatic rings. The van der Waals surface area contributed by atoms with Crippen molar-refractivity contribution in [3.63, 3.8) is 0 Å².